The number of alkyl halides is 1. The first-order valence-corrected chi connectivity index (χ1v) is 10.5. The van der Waals surface area contributed by atoms with E-state index < -0.39 is 42.2 Å². The van der Waals surface area contributed by atoms with Gasteiger partial charge in [0.25, 0.3) is 5.88 Å². The Morgan fingerprint density at radius 3 is 2.54 bits per heavy atom. The third-order valence-electron chi connectivity index (χ3n) is 4.21. The third kappa shape index (κ3) is 7.30. The molecule has 2 aromatic heterocycles. The monoisotopic (exact) mass is 510 g/mol. The van der Waals surface area contributed by atoms with Gasteiger partial charge in [-0.25, -0.2) is 23.4 Å². The smallest absolute Gasteiger partial charge is 0.408 e. The summed E-state index contributed by atoms with van der Waals surface area (Å²) in [6, 6.07) is 5.70. The number of hydrogen-bond acceptors (Lipinski definition) is 8. The summed E-state index contributed by atoms with van der Waals surface area (Å²) in [6.45, 7) is 4.39. The minimum Gasteiger partial charge on any atom is -0.479 e. The quantitative estimate of drug-likeness (QED) is 0.464. The van der Waals surface area contributed by atoms with Crippen LogP contribution in [0.3, 0.4) is 0 Å². The summed E-state index contributed by atoms with van der Waals surface area (Å²) >= 11 is 5.67. The second kappa shape index (κ2) is 10.6. The standard InChI is InChI=1S/C21H21ClF2N6O5/c1-21(2,3)35-20(33)26-15(16(24)19(31)32)10-30-28-17(27-29-30)11-4-6-13(7-5-11)34-18-14(23)8-12(22)9-25-18/h4-9,15-16H,10H2,1-3H3,(H,26,33)(H,31,32). The number of aliphatic carboxylic acids is 1. The Morgan fingerprint density at radius 2 is 1.94 bits per heavy atom. The zero-order chi connectivity index (χ0) is 25.8. The molecule has 3 aromatic rings. The fourth-order valence-corrected chi connectivity index (χ4v) is 2.86. The van der Waals surface area contributed by atoms with Crippen LogP contribution in [-0.4, -0.2) is 60.2 Å². The Morgan fingerprint density at radius 1 is 1.26 bits per heavy atom. The average molecular weight is 511 g/mol. The van der Waals surface area contributed by atoms with E-state index in [0.717, 1.165) is 10.9 Å². The second-order valence-corrected chi connectivity index (χ2v) is 8.66. The van der Waals surface area contributed by atoms with Crippen molar-refractivity contribution in [2.24, 2.45) is 0 Å². The molecule has 0 aliphatic rings. The molecule has 2 unspecified atom stereocenters. The molecule has 2 atom stereocenters. The number of carboxylic acids is 1. The molecule has 3 rings (SSSR count). The lowest BCUT2D eigenvalue weighted by Crippen LogP contribution is -2.49. The van der Waals surface area contributed by atoms with Crippen molar-refractivity contribution < 1.29 is 33.0 Å². The van der Waals surface area contributed by atoms with Gasteiger partial charge in [0.05, 0.1) is 17.6 Å². The van der Waals surface area contributed by atoms with Crippen molar-refractivity contribution in [1.29, 1.82) is 0 Å². The van der Waals surface area contributed by atoms with Gasteiger partial charge in [-0.15, -0.1) is 10.2 Å². The van der Waals surface area contributed by atoms with Crippen LogP contribution in [0.5, 0.6) is 11.6 Å². The number of ether oxygens (including phenoxy) is 2. The number of benzene rings is 1. The molecule has 2 heterocycles. The van der Waals surface area contributed by atoms with Crippen molar-refractivity contribution in [1.82, 2.24) is 30.5 Å². The van der Waals surface area contributed by atoms with Gasteiger partial charge in [-0.3, -0.25) is 0 Å². The zero-order valence-electron chi connectivity index (χ0n) is 18.8. The predicted molar refractivity (Wildman–Crippen MR) is 118 cm³/mol. The zero-order valence-corrected chi connectivity index (χ0v) is 19.5. The van der Waals surface area contributed by atoms with Crippen LogP contribution in [0.25, 0.3) is 11.4 Å². The molecule has 11 nitrogen and oxygen atoms in total. The van der Waals surface area contributed by atoms with Gasteiger partial charge in [0.1, 0.15) is 11.4 Å². The van der Waals surface area contributed by atoms with E-state index in [1.54, 1.807) is 32.9 Å². The predicted octanol–water partition coefficient (Wildman–Crippen LogP) is 3.64. The van der Waals surface area contributed by atoms with Crippen molar-refractivity contribution in [2.45, 2.75) is 45.1 Å². The van der Waals surface area contributed by atoms with Crippen LogP contribution < -0.4 is 10.1 Å². The highest BCUT2D eigenvalue weighted by Gasteiger charge is 2.32. The number of carboxylic acid groups (broad SMARTS) is 1. The molecule has 0 spiro atoms. The number of tetrazole rings is 1. The molecular weight excluding hydrogens is 490 g/mol. The first-order chi connectivity index (χ1) is 16.4. The van der Waals surface area contributed by atoms with Gasteiger partial charge in [0.2, 0.25) is 12.0 Å². The molecule has 0 aliphatic carbocycles. The Bertz CT molecular complexity index is 1200. The van der Waals surface area contributed by atoms with Crippen LogP contribution in [0.1, 0.15) is 20.8 Å². The van der Waals surface area contributed by atoms with Gasteiger partial charge < -0.3 is 19.9 Å². The van der Waals surface area contributed by atoms with E-state index in [0.29, 0.717) is 5.56 Å². The van der Waals surface area contributed by atoms with Crippen molar-refractivity contribution in [3.8, 4) is 23.0 Å². The van der Waals surface area contributed by atoms with E-state index >= 15 is 0 Å². The number of hydrogen-bond donors (Lipinski definition) is 2. The first-order valence-electron chi connectivity index (χ1n) is 10.1. The Hall–Kier alpha value is -3.87. The number of amides is 1. The number of nitrogens with zero attached hydrogens (tertiary/aromatic N) is 5. The number of alkyl carbamates (subject to hydrolysis) is 1. The maximum atomic E-state index is 14.3. The maximum Gasteiger partial charge on any atom is 0.408 e. The molecule has 0 saturated carbocycles. The van der Waals surface area contributed by atoms with Crippen LogP contribution in [0.15, 0.2) is 36.5 Å². The van der Waals surface area contributed by atoms with E-state index in [1.165, 1.54) is 18.3 Å². The molecule has 0 bridgehead atoms. The van der Waals surface area contributed by atoms with Crippen LogP contribution in [0.2, 0.25) is 5.02 Å². The molecule has 35 heavy (non-hydrogen) atoms. The first kappa shape index (κ1) is 25.7. The third-order valence-corrected chi connectivity index (χ3v) is 4.41. The number of pyridine rings is 1. The van der Waals surface area contributed by atoms with E-state index in [-0.39, 0.29) is 22.5 Å². The van der Waals surface area contributed by atoms with Gasteiger partial charge >= 0.3 is 12.1 Å². The number of nitrogens with one attached hydrogen (secondary N) is 1. The Balaban J connectivity index is 1.70. The highest BCUT2D eigenvalue weighted by atomic mass is 35.5. The van der Waals surface area contributed by atoms with Crippen molar-refractivity contribution in [3.63, 3.8) is 0 Å². The normalized spacial score (nSPS) is 13.1. The number of halogens is 3. The maximum absolute atomic E-state index is 14.3. The van der Waals surface area contributed by atoms with Gasteiger partial charge in [-0.05, 0) is 56.3 Å². The molecule has 1 aromatic carbocycles. The Kier molecular flexibility index (Phi) is 7.79. The fourth-order valence-electron chi connectivity index (χ4n) is 2.72. The van der Waals surface area contributed by atoms with Gasteiger partial charge in [-0.1, -0.05) is 11.6 Å². The highest BCUT2D eigenvalue weighted by Crippen LogP contribution is 2.26. The topological polar surface area (TPSA) is 141 Å². The second-order valence-electron chi connectivity index (χ2n) is 8.23. The molecule has 186 valence electrons. The average Bonchev–Trinajstić information content (AvgIpc) is 3.22. The summed E-state index contributed by atoms with van der Waals surface area (Å²) in [4.78, 5) is 27.9. The summed E-state index contributed by atoms with van der Waals surface area (Å²) < 4.78 is 38.5. The summed E-state index contributed by atoms with van der Waals surface area (Å²) in [5.74, 6) is -2.34. The van der Waals surface area contributed by atoms with E-state index in [9.17, 15) is 18.4 Å². The number of rotatable bonds is 8. The van der Waals surface area contributed by atoms with E-state index in [4.69, 9.17) is 26.2 Å². The van der Waals surface area contributed by atoms with E-state index in [2.05, 4.69) is 25.7 Å². The minimum absolute atomic E-state index is 0.130. The number of aromatic nitrogens is 5. The summed E-state index contributed by atoms with van der Waals surface area (Å²) in [7, 11) is 0. The lowest BCUT2D eigenvalue weighted by atomic mass is 10.2. The minimum atomic E-state index is -2.45. The van der Waals surface area contributed by atoms with Crippen LogP contribution in [0.4, 0.5) is 13.6 Å². The van der Waals surface area contributed by atoms with Crippen LogP contribution >= 0.6 is 11.6 Å². The molecule has 2 N–H and O–H groups in total. The summed E-state index contributed by atoms with van der Waals surface area (Å²) in [6.07, 6.45) is -2.20. The lowest BCUT2D eigenvalue weighted by molar-refractivity contribution is -0.144. The van der Waals surface area contributed by atoms with E-state index in [1.807, 2.05) is 0 Å². The Labute approximate surface area is 203 Å². The highest BCUT2D eigenvalue weighted by molar-refractivity contribution is 6.30. The molecular formula is C21H21ClF2N6O5. The summed E-state index contributed by atoms with van der Waals surface area (Å²) in [5, 5.41) is 23.1. The van der Waals surface area contributed by atoms with Crippen molar-refractivity contribution in [3.05, 3.63) is 47.4 Å². The lowest BCUT2D eigenvalue weighted by Gasteiger charge is -2.23. The molecule has 14 heteroatoms. The fraction of sp³-hybridized carbons (Fsp3) is 0.333. The molecule has 0 saturated heterocycles. The molecule has 0 fully saturated rings. The van der Waals surface area contributed by atoms with Crippen LogP contribution in [0, 0.1) is 5.82 Å². The van der Waals surface area contributed by atoms with Gasteiger partial charge in [0, 0.05) is 11.8 Å². The molecule has 1 amide bonds. The summed E-state index contributed by atoms with van der Waals surface area (Å²) in [5.41, 5.74) is -0.382. The largest absolute Gasteiger partial charge is 0.479 e. The number of carbonyl (C=O) groups is 2. The number of carbonyl (C=O) groups excluding carboxylic acids is 1. The molecule has 0 aliphatic heterocycles. The van der Waals surface area contributed by atoms with Gasteiger partial charge in [-0.2, -0.15) is 4.80 Å². The molecule has 0 radical (unpaired) electrons. The van der Waals surface area contributed by atoms with Crippen molar-refractivity contribution in [2.75, 3.05) is 0 Å². The van der Waals surface area contributed by atoms with Gasteiger partial charge in [0.15, 0.2) is 5.82 Å². The van der Waals surface area contributed by atoms with Crippen molar-refractivity contribution >= 4 is 23.7 Å². The SMILES string of the molecule is CC(C)(C)OC(=O)NC(Cn1nnc(-c2ccc(Oc3ncc(Cl)cc3F)cc2)n1)C(F)C(=O)O. The van der Waals surface area contributed by atoms with Crippen LogP contribution in [-0.2, 0) is 16.1 Å².